The van der Waals surface area contributed by atoms with Crippen molar-refractivity contribution in [3.63, 3.8) is 0 Å². The summed E-state index contributed by atoms with van der Waals surface area (Å²) in [6.07, 6.45) is 0. The molecule has 0 amide bonds. The molecular formula is C30H23O2S+. The van der Waals surface area contributed by atoms with Gasteiger partial charge in [0.05, 0.1) is 5.56 Å². The van der Waals surface area contributed by atoms with Crippen molar-refractivity contribution in [2.24, 2.45) is 0 Å². The SMILES string of the molecule is CC(C)(C#Cc1ccccc1)OC(=O)c1ccc2c(c1)c1ccccc1[s+]2-c1ccccc1. The van der Waals surface area contributed by atoms with Gasteiger partial charge in [-0.15, -0.1) is 0 Å². The number of carbonyl (C=O) groups is 1. The molecule has 5 aromatic rings. The second-order valence-corrected chi connectivity index (χ2v) is 10.3. The second-order valence-electron chi connectivity index (χ2n) is 8.34. The van der Waals surface area contributed by atoms with Crippen LogP contribution >= 0.6 is 10.5 Å². The highest BCUT2D eigenvalue weighted by Crippen LogP contribution is 2.48. The average Bonchev–Trinajstić information content (AvgIpc) is 3.17. The number of ether oxygens (including phenoxy) is 1. The fourth-order valence-electron chi connectivity index (χ4n) is 3.90. The molecular weight excluding hydrogens is 424 g/mol. The van der Waals surface area contributed by atoms with Crippen molar-refractivity contribution >= 4 is 36.6 Å². The monoisotopic (exact) mass is 447 g/mol. The molecule has 1 heterocycles. The van der Waals surface area contributed by atoms with Crippen molar-refractivity contribution in [1.29, 1.82) is 0 Å². The van der Waals surface area contributed by atoms with Gasteiger partial charge in [-0.1, -0.05) is 60.4 Å². The zero-order chi connectivity index (χ0) is 22.8. The van der Waals surface area contributed by atoms with Gasteiger partial charge in [-0.3, -0.25) is 0 Å². The number of carbonyl (C=O) groups excluding carboxylic acids is 1. The van der Waals surface area contributed by atoms with E-state index in [9.17, 15) is 4.79 Å². The Morgan fingerprint density at radius 2 is 1.39 bits per heavy atom. The second kappa shape index (κ2) is 8.58. The van der Waals surface area contributed by atoms with Crippen molar-refractivity contribution in [2.75, 3.05) is 0 Å². The van der Waals surface area contributed by atoms with Crippen LogP contribution in [0.25, 0.3) is 25.1 Å². The molecule has 5 rings (SSSR count). The third-order valence-electron chi connectivity index (χ3n) is 5.44. The average molecular weight is 448 g/mol. The Balaban J connectivity index is 1.52. The third-order valence-corrected chi connectivity index (χ3v) is 7.78. The quantitative estimate of drug-likeness (QED) is 0.161. The summed E-state index contributed by atoms with van der Waals surface area (Å²) < 4.78 is 8.32. The fourth-order valence-corrected chi connectivity index (χ4v) is 6.28. The fraction of sp³-hybridized carbons (Fsp3) is 0.100. The number of hydrogen-bond donors (Lipinski definition) is 0. The molecule has 4 aromatic carbocycles. The topological polar surface area (TPSA) is 26.3 Å². The lowest BCUT2D eigenvalue weighted by Gasteiger charge is -2.18. The van der Waals surface area contributed by atoms with Crippen LogP contribution in [0.5, 0.6) is 0 Å². The van der Waals surface area contributed by atoms with E-state index >= 15 is 0 Å². The first-order valence-corrected chi connectivity index (χ1v) is 12.1. The molecule has 160 valence electrons. The van der Waals surface area contributed by atoms with Gasteiger partial charge >= 0.3 is 5.97 Å². The maximum absolute atomic E-state index is 13.0. The van der Waals surface area contributed by atoms with E-state index < -0.39 is 5.60 Å². The number of thiophene rings is 1. The number of rotatable bonds is 3. The summed E-state index contributed by atoms with van der Waals surface area (Å²) in [5.41, 5.74) is 0.526. The molecule has 1 unspecified atom stereocenters. The largest absolute Gasteiger partial charge is 0.443 e. The van der Waals surface area contributed by atoms with Crippen molar-refractivity contribution in [3.8, 4) is 16.7 Å². The molecule has 0 aliphatic carbocycles. The summed E-state index contributed by atoms with van der Waals surface area (Å²) in [4.78, 5) is 14.3. The predicted octanol–water partition coefficient (Wildman–Crippen LogP) is 7.72. The van der Waals surface area contributed by atoms with E-state index in [2.05, 4.69) is 60.4 Å². The van der Waals surface area contributed by atoms with E-state index in [0.717, 1.165) is 10.9 Å². The smallest absolute Gasteiger partial charge is 0.339 e. The molecule has 3 heteroatoms. The number of benzene rings is 4. The van der Waals surface area contributed by atoms with Gasteiger partial charge in [0.25, 0.3) is 0 Å². The van der Waals surface area contributed by atoms with E-state index in [1.165, 1.54) is 19.7 Å². The predicted molar refractivity (Wildman–Crippen MR) is 138 cm³/mol. The van der Waals surface area contributed by atoms with Crippen molar-refractivity contribution in [1.82, 2.24) is 0 Å². The van der Waals surface area contributed by atoms with E-state index in [1.807, 2.05) is 68.4 Å². The highest BCUT2D eigenvalue weighted by Gasteiger charge is 2.26. The van der Waals surface area contributed by atoms with Gasteiger partial charge in [-0.2, -0.15) is 0 Å². The molecule has 2 nitrogen and oxygen atoms in total. The first kappa shape index (κ1) is 21.0. The maximum Gasteiger partial charge on any atom is 0.339 e. The zero-order valence-corrected chi connectivity index (χ0v) is 19.4. The highest BCUT2D eigenvalue weighted by molar-refractivity contribution is 7.50. The molecule has 0 radical (unpaired) electrons. The van der Waals surface area contributed by atoms with E-state index in [1.54, 1.807) is 0 Å². The molecule has 0 spiro atoms. The van der Waals surface area contributed by atoms with Crippen LogP contribution in [-0.2, 0) is 4.74 Å². The summed E-state index contributed by atoms with van der Waals surface area (Å²) >= 11 is 0. The van der Waals surface area contributed by atoms with E-state index in [0.29, 0.717) is 5.56 Å². The minimum Gasteiger partial charge on any atom is -0.443 e. The minimum atomic E-state index is -0.905. The van der Waals surface area contributed by atoms with Crippen LogP contribution in [-0.4, -0.2) is 11.6 Å². The molecule has 0 aliphatic heterocycles. The van der Waals surface area contributed by atoms with Crippen LogP contribution in [0.1, 0.15) is 29.8 Å². The number of hydrogen-bond acceptors (Lipinski definition) is 2. The Kier molecular flexibility index (Phi) is 5.46. The lowest BCUT2D eigenvalue weighted by atomic mass is 10.1. The van der Waals surface area contributed by atoms with Crippen molar-refractivity contribution < 1.29 is 9.53 Å². The highest BCUT2D eigenvalue weighted by atomic mass is 32.2. The van der Waals surface area contributed by atoms with Gasteiger partial charge < -0.3 is 4.74 Å². The maximum atomic E-state index is 13.0. The molecule has 0 saturated heterocycles. The number of esters is 1. The molecule has 0 saturated carbocycles. The van der Waals surface area contributed by atoms with Crippen LogP contribution in [0.4, 0.5) is 0 Å². The van der Waals surface area contributed by atoms with Gasteiger partial charge in [-0.25, -0.2) is 4.79 Å². The Morgan fingerprint density at radius 1 is 0.758 bits per heavy atom. The first-order chi connectivity index (χ1) is 16.0. The summed E-state index contributed by atoms with van der Waals surface area (Å²) in [6, 6.07) is 34.6. The Bertz CT molecular complexity index is 1520. The lowest BCUT2D eigenvalue weighted by molar-refractivity contribution is 0.0204. The Hall–Kier alpha value is -3.87. The molecule has 33 heavy (non-hydrogen) atoms. The van der Waals surface area contributed by atoms with Gasteiger partial charge in [0.2, 0.25) is 0 Å². The molecule has 0 bridgehead atoms. The van der Waals surface area contributed by atoms with Crippen LogP contribution in [0.3, 0.4) is 0 Å². The molecule has 0 fully saturated rings. The van der Waals surface area contributed by atoms with Crippen LogP contribution in [0.15, 0.2) is 103 Å². The summed E-state index contributed by atoms with van der Waals surface area (Å²) in [6.45, 7) is 3.63. The minimum absolute atomic E-state index is 0.180. The summed E-state index contributed by atoms with van der Waals surface area (Å²) in [7, 11) is -0.180. The normalized spacial score (nSPS) is 11.8. The lowest BCUT2D eigenvalue weighted by Crippen LogP contribution is -2.26. The van der Waals surface area contributed by atoms with Crippen LogP contribution in [0, 0.1) is 11.8 Å². The van der Waals surface area contributed by atoms with Crippen molar-refractivity contribution in [3.05, 3.63) is 114 Å². The van der Waals surface area contributed by atoms with Crippen LogP contribution in [0.2, 0.25) is 0 Å². The van der Waals surface area contributed by atoms with Gasteiger partial charge in [0.1, 0.15) is 0 Å². The third kappa shape index (κ3) is 4.26. The molecule has 1 aromatic heterocycles. The Labute approximate surface area is 196 Å². The van der Waals surface area contributed by atoms with Crippen molar-refractivity contribution in [2.45, 2.75) is 19.4 Å². The summed E-state index contributed by atoms with van der Waals surface area (Å²) in [5.74, 6) is 5.81. The molecule has 0 aliphatic rings. The first-order valence-electron chi connectivity index (χ1n) is 10.9. The van der Waals surface area contributed by atoms with Gasteiger partial charge in [-0.05, 0) is 68.4 Å². The standard InChI is InChI=1S/C30H23O2S/c1-30(2,20-19-22-11-5-3-6-12-22)32-29(31)23-17-18-28-26(21-23)25-15-9-10-16-27(25)33(28)24-13-7-4-8-14-24/h3-18,21H,1-2H3/q+1. The van der Waals surface area contributed by atoms with Crippen LogP contribution < -0.4 is 0 Å². The molecule has 1 atom stereocenters. The van der Waals surface area contributed by atoms with Gasteiger partial charge in [0, 0.05) is 26.8 Å². The van der Waals surface area contributed by atoms with E-state index in [-0.39, 0.29) is 16.4 Å². The summed E-state index contributed by atoms with van der Waals surface area (Å²) in [5, 5.41) is 2.28. The van der Waals surface area contributed by atoms with E-state index in [4.69, 9.17) is 4.74 Å². The zero-order valence-electron chi connectivity index (χ0n) is 18.5. The molecule has 0 N–H and O–H groups in total. The van der Waals surface area contributed by atoms with Gasteiger partial charge in [0.15, 0.2) is 19.9 Å². The number of fused-ring (bicyclic) bond motifs is 3. The Morgan fingerprint density at radius 3 is 2.15 bits per heavy atom.